The number of aryl methyl sites for hydroxylation is 1. The van der Waals surface area contributed by atoms with Crippen molar-refractivity contribution >= 4 is 15.9 Å². The van der Waals surface area contributed by atoms with Gasteiger partial charge in [-0.3, -0.25) is 4.90 Å². The highest BCUT2D eigenvalue weighted by molar-refractivity contribution is 9.10. The van der Waals surface area contributed by atoms with Crippen molar-refractivity contribution in [3.05, 3.63) is 88.2 Å². The Kier molecular flexibility index (Phi) is 4.75. The van der Waals surface area contributed by atoms with E-state index in [9.17, 15) is 0 Å². The van der Waals surface area contributed by atoms with Crippen LogP contribution < -0.4 is 0 Å². The van der Waals surface area contributed by atoms with Gasteiger partial charge in [-0.15, -0.1) is 0 Å². The van der Waals surface area contributed by atoms with Crippen LogP contribution in [0.5, 0.6) is 0 Å². The summed E-state index contributed by atoms with van der Waals surface area (Å²) in [5, 5.41) is 0. The second-order valence-electron chi connectivity index (χ2n) is 6.48. The molecule has 25 heavy (non-hydrogen) atoms. The van der Waals surface area contributed by atoms with Crippen LogP contribution in [-0.2, 0) is 11.3 Å². The summed E-state index contributed by atoms with van der Waals surface area (Å²) >= 11 is 3.63. The summed E-state index contributed by atoms with van der Waals surface area (Å²) in [7, 11) is 0. The summed E-state index contributed by atoms with van der Waals surface area (Å²) < 4.78 is 9.26. The molecule has 0 radical (unpaired) electrons. The SMILES string of the molecule is Cc1ccc(CN2CCO[C@H]2c2ccn(-c3ccccc3Br)c2)cc1. The third-order valence-corrected chi connectivity index (χ3v) is 5.29. The number of benzene rings is 2. The largest absolute Gasteiger partial charge is 0.357 e. The maximum atomic E-state index is 6.03. The maximum absolute atomic E-state index is 6.03. The second kappa shape index (κ2) is 7.16. The highest BCUT2D eigenvalue weighted by Gasteiger charge is 2.27. The van der Waals surface area contributed by atoms with Crippen LogP contribution in [0.2, 0.25) is 0 Å². The van der Waals surface area contributed by atoms with Crippen molar-refractivity contribution in [3.63, 3.8) is 0 Å². The Morgan fingerprint density at radius 1 is 1.08 bits per heavy atom. The Balaban J connectivity index is 1.55. The first-order valence-electron chi connectivity index (χ1n) is 8.55. The Bertz CT molecular complexity index is 856. The van der Waals surface area contributed by atoms with E-state index in [1.54, 1.807) is 0 Å². The molecule has 1 aliphatic rings. The molecular formula is C21H21BrN2O. The van der Waals surface area contributed by atoms with Crippen LogP contribution in [0.15, 0.2) is 71.5 Å². The van der Waals surface area contributed by atoms with Gasteiger partial charge in [0.25, 0.3) is 0 Å². The summed E-state index contributed by atoms with van der Waals surface area (Å²) in [4.78, 5) is 2.39. The molecule has 2 aromatic carbocycles. The molecule has 0 saturated carbocycles. The number of ether oxygens (including phenoxy) is 1. The van der Waals surface area contributed by atoms with Gasteiger partial charge in [-0.2, -0.15) is 0 Å². The summed E-state index contributed by atoms with van der Waals surface area (Å²) in [6, 6.07) is 19.1. The quantitative estimate of drug-likeness (QED) is 0.611. The van der Waals surface area contributed by atoms with Crippen molar-refractivity contribution in [3.8, 4) is 5.69 Å². The van der Waals surface area contributed by atoms with Crippen molar-refractivity contribution in [2.45, 2.75) is 19.7 Å². The van der Waals surface area contributed by atoms with Gasteiger partial charge in [0.2, 0.25) is 0 Å². The summed E-state index contributed by atoms with van der Waals surface area (Å²) in [5.74, 6) is 0. The lowest BCUT2D eigenvalue weighted by molar-refractivity contribution is 0.0288. The molecule has 3 aromatic rings. The Hall–Kier alpha value is -1.88. The van der Waals surface area contributed by atoms with Crippen molar-refractivity contribution in [2.24, 2.45) is 0 Å². The van der Waals surface area contributed by atoms with Gasteiger partial charge in [0.1, 0.15) is 6.23 Å². The molecule has 4 heteroatoms. The van der Waals surface area contributed by atoms with Crippen LogP contribution in [0, 0.1) is 6.92 Å². The molecule has 0 aliphatic carbocycles. The summed E-state index contributed by atoms with van der Waals surface area (Å²) in [6.07, 6.45) is 4.28. The van der Waals surface area contributed by atoms with Crippen LogP contribution in [0.1, 0.15) is 22.9 Å². The zero-order valence-electron chi connectivity index (χ0n) is 14.2. The topological polar surface area (TPSA) is 17.4 Å². The fraction of sp³-hybridized carbons (Fsp3) is 0.238. The molecule has 0 bridgehead atoms. The van der Waals surface area contributed by atoms with E-state index >= 15 is 0 Å². The van der Waals surface area contributed by atoms with Crippen LogP contribution in [0.25, 0.3) is 5.69 Å². The predicted octanol–water partition coefficient (Wildman–Crippen LogP) is 5.08. The molecule has 1 atom stereocenters. The monoisotopic (exact) mass is 396 g/mol. The lowest BCUT2D eigenvalue weighted by atomic mass is 10.1. The molecule has 0 spiro atoms. The van der Waals surface area contributed by atoms with E-state index in [0.717, 1.165) is 29.9 Å². The average molecular weight is 397 g/mol. The number of halogens is 1. The Morgan fingerprint density at radius 2 is 1.88 bits per heavy atom. The van der Waals surface area contributed by atoms with Crippen LogP contribution in [0.3, 0.4) is 0 Å². The van der Waals surface area contributed by atoms with E-state index in [0.29, 0.717) is 0 Å². The van der Waals surface area contributed by atoms with Gasteiger partial charge >= 0.3 is 0 Å². The normalized spacial score (nSPS) is 17.9. The van der Waals surface area contributed by atoms with E-state index in [4.69, 9.17) is 4.74 Å². The fourth-order valence-corrected chi connectivity index (χ4v) is 3.76. The molecule has 1 aromatic heterocycles. The lowest BCUT2D eigenvalue weighted by Gasteiger charge is -2.22. The summed E-state index contributed by atoms with van der Waals surface area (Å²) in [5.41, 5.74) is 4.95. The van der Waals surface area contributed by atoms with Crippen molar-refractivity contribution in [2.75, 3.05) is 13.2 Å². The van der Waals surface area contributed by atoms with Gasteiger partial charge in [0.15, 0.2) is 0 Å². The number of aromatic nitrogens is 1. The van der Waals surface area contributed by atoms with Crippen LogP contribution in [-0.4, -0.2) is 22.6 Å². The molecule has 0 unspecified atom stereocenters. The van der Waals surface area contributed by atoms with Crippen molar-refractivity contribution in [1.82, 2.24) is 9.47 Å². The molecule has 1 saturated heterocycles. The predicted molar refractivity (Wildman–Crippen MR) is 104 cm³/mol. The lowest BCUT2D eigenvalue weighted by Crippen LogP contribution is -2.23. The summed E-state index contributed by atoms with van der Waals surface area (Å²) in [6.45, 7) is 4.76. The molecule has 2 heterocycles. The van der Waals surface area contributed by atoms with E-state index in [1.165, 1.54) is 16.7 Å². The van der Waals surface area contributed by atoms with Gasteiger partial charge in [0.05, 0.1) is 12.3 Å². The second-order valence-corrected chi connectivity index (χ2v) is 7.34. The number of para-hydroxylation sites is 1. The molecule has 128 valence electrons. The zero-order chi connectivity index (χ0) is 17.2. The van der Waals surface area contributed by atoms with E-state index in [2.05, 4.69) is 93.2 Å². The molecule has 3 nitrogen and oxygen atoms in total. The third-order valence-electron chi connectivity index (χ3n) is 4.62. The highest BCUT2D eigenvalue weighted by Crippen LogP contribution is 2.30. The average Bonchev–Trinajstić information content (AvgIpc) is 3.26. The van der Waals surface area contributed by atoms with Gasteiger partial charge < -0.3 is 9.30 Å². The first-order valence-corrected chi connectivity index (χ1v) is 9.34. The van der Waals surface area contributed by atoms with E-state index in [-0.39, 0.29) is 6.23 Å². The molecular weight excluding hydrogens is 376 g/mol. The van der Waals surface area contributed by atoms with E-state index in [1.807, 2.05) is 6.07 Å². The fourth-order valence-electron chi connectivity index (χ4n) is 3.27. The van der Waals surface area contributed by atoms with Gasteiger partial charge in [-0.1, -0.05) is 42.0 Å². The molecule has 1 fully saturated rings. The minimum Gasteiger partial charge on any atom is -0.357 e. The standard InChI is InChI=1S/C21H21BrN2O/c1-16-6-8-17(9-7-16)14-24-12-13-25-21(24)18-10-11-23(15-18)20-5-3-2-4-19(20)22/h2-11,15,21H,12-14H2,1H3/t21-/m0/s1. The zero-order valence-corrected chi connectivity index (χ0v) is 15.8. The third kappa shape index (κ3) is 3.56. The molecule has 0 N–H and O–H groups in total. The molecule has 1 aliphatic heterocycles. The van der Waals surface area contributed by atoms with Crippen LogP contribution >= 0.6 is 15.9 Å². The minimum atomic E-state index is 0.0186. The van der Waals surface area contributed by atoms with E-state index < -0.39 is 0 Å². The van der Waals surface area contributed by atoms with Crippen LogP contribution in [0.4, 0.5) is 0 Å². The first kappa shape index (κ1) is 16.6. The van der Waals surface area contributed by atoms with Gasteiger partial charge in [-0.25, -0.2) is 0 Å². The van der Waals surface area contributed by atoms with Crippen molar-refractivity contribution in [1.29, 1.82) is 0 Å². The highest BCUT2D eigenvalue weighted by atomic mass is 79.9. The number of rotatable bonds is 4. The molecule has 0 amide bonds. The number of hydrogen-bond acceptors (Lipinski definition) is 2. The smallest absolute Gasteiger partial charge is 0.138 e. The molecule has 4 rings (SSSR count). The number of nitrogens with zero attached hydrogens (tertiary/aromatic N) is 2. The minimum absolute atomic E-state index is 0.0186. The van der Waals surface area contributed by atoms with Gasteiger partial charge in [0, 0.05) is 35.5 Å². The van der Waals surface area contributed by atoms with Crippen molar-refractivity contribution < 1.29 is 4.74 Å². The first-order chi connectivity index (χ1) is 12.2. The Morgan fingerprint density at radius 3 is 2.68 bits per heavy atom. The van der Waals surface area contributed by atoms with Gasteiger partial charge in [-0.05, 0) is 46.6 Å². The maximum Gasteiger partial charge on any atom is 0.138 e. The number of hydrogen-bond donors (Lipinski definition) is 0. The Labute approximate surface area is 157 Å².